The van der Waals surface area contributed by atoms with Crippen LogP contribution in [0, 0.1) is 0 Å². The molecule has 0 saturated carbocycles. The van der Waals surface area contributed by atoms with Gasteiger partial charge in [0.15, 0.2) is 0 Å². The molecular weight excluding hydrogens is 540 g/mol. The number of amides is 2. The number of anilines is 1. The molecule has 2 amide bonds. The number of methoxy groups -OCH3 is 1. The number of rotatable bonds is 15. The summed E-state index contributed by atoms with van der Waals surface area (Å²) < 4.78 is 37.0. The van der Waals surface area contributed by atoms with E-state index in [0.29, 0.717) is 25.8 Å². The molecule has 1 aromatic carbocycles. The molecule has 0 radical (unpaired) electrons. The van der Waals surface area contributed by atoms with E-state index in [0.717, 1.165) is 0 Å². The van der Waals surface area contributed by atoms with Gasteiger partial charge in [0, 0.05) is 24.7 Å². The molecule has 1 atom stereocenters. The average Bonchev–Trinajstić information content (AvgIpc) is 2.94. The summed E-state index contributed by atoms with van der Waals surface area (Å²) in [7, 11) is -3.19. The lowest BCUT2D eigenvalue weighted by atomic mass is 10.1. The van der Waals surface area contributed by atoms with Gasteiger partial charge in [0.05, 0.1) is 18.9 Å². The van der Waals surface area contributed by atoms with Crippen molar-refractivity contribution in [2.24, 2.45) is 10.8 Å². The number of hydrogen-bond acceptors (Lipinski definition) is 10. The van der Waals surface area contributed by atoms with Crippen LogP contribution in [0.1, 0.15) is 41.6 Å². The number of esters is 1. The number of unbranched alkanes of at least 4 members (excludes halogenated alkanes) is 1. The summed E-state index contributed by atoms with van der Waals surface area (Å²) in [6.45, 7) is 0.420. The molecule has 1 aromatic heterocycles. The zero-order chi connectivity index (χ0) is 29.4. The normalized spacial score (nSPS) is 12.4. The van der Waals surface area contributed by atoms with Crippen molar-refractivity contribution in [1.29, 1.82) is 0 Å². The molecule has 13 nitrogen and oxygen atoms in total. The van der Waals surface area contributed by atoms with Gasteiger partial charge in [-0.2, -0.15) is 13.5 Å². The number of carbonyl (C=O) groups is 3. The standard InChI is InChI=1S/C26H32N6O7S/c1-39-26(35)21(10-6-8-16-28-24(33)12-3-2-7-15-27)31-25(34)20-13-14-23(29-17-20)32-30-18-19-9-4-5-11-22(19)40(36,37)38/h2-5,7,9,11,13-15,17-18,21H,6,8,10,12,16,27H2,1H3,(H,28,33)(H,29,32)(H,31,34)(H,36,37,38)/b3-2-,15-7-,30-18+. The highest BCUT2D eigenvalue weighted by Gasteiger charge is 2.22. The van der Waals surface area contributed by atoms with Gasteiger partial charge in [0.1, 0.15) is 16.8 Å². The Labute approximate surface area is 232 Å². The fourth-order valence-corrected chi connectivity index (χ4v) is 3.98. The summed E-state index contributed by atoms with van der Waals surface area (Å²) in [5.74, 6) is -1.01. The van der Waals surface area contributed by atoms with E-state index in [1.807, 2.05) is 0 Å². The van der Waals surface area contributed by atoms with E-state index in [1.54, 1.807) is 24.3 Å². The van der Waals surface area contributed by atoms with E-state index in [9.17, 15) is 27.4 Å². The highest BCUT2D eigenvalue weighted by Crippen LogP contribution is 2.13. The summed E-state index contributed by atoms with van der Waals surface area (Å²) >= 11 is 0. The van der Waals surface area contributed by atoms with Crippen molar-refractivity contribution in [3.8, 4) is 0 Å². The number of aromatic nitrogens is 1. The zero-order valence-electron chi connectivity index (χ0n) is 21.8. The first-order chi connectivity index (χ1) is 19.2. The van der Waals surface area contributed by atoms with Crippen LogP contribution < -0.4 is 21.8 Å². The quantitative estimate of drug-likeness (QED) is 0.0522. The number of carbonyl (C=O) groups excluding carboxylic acids is 3. The number of pyridine rings is 1. The minimum atomic E-state index is -4.42. The lowest BCUT2D eigenvalue weighted by Gasteiger charge is -2.16. The van der Waals surface area contributed by atoms with Gasteiger partial charge in [0.25, 0.3) is 16.0 Å². The third-order valence-corrected chi connectivity index (χ3v) is 6.23. The third-order valence-electron chi connectivity index (χ3n) is 5.30. The van der Waals surface area contributed by atoms with Crippen LogP contribution in [0.2, 0.25) is 0 Å². The second-order valence-electron chi connectivity index (χ2n) is 8.23. The highest BCUT2D eigenvalue weighted by molar-refractivity contribution is 7.86. The number of allylic oxidation sites excluding steroid dienone is 2. The zero-order valence-corrected chi connectivity index (χ0v) is 22.6. The topological polar surface area (TPSA) is 202 Å². The number of ether oxygens (including phenoxy) is 1. The molecule has 2 aromatic rings. The van der Waals surface area contributed by atoms with Crippen molar-refractivity contribution in [2.45, 2.75) is 36.6 Å². The van der Waals surface area contributed by atoms with Gasteiger partial charge in [-0.15, -0.1) is 0 Å². The molecular formula is C26H32N6O7S. The van der Waals surface area contributed by atoms with Gasteiger partial charge < -0.3 is 21.1 Å². The van der Waals surface area contributed by atoms with Crippen LogP contribution in [-0.4, -0.2) is 61.6 Å². The van der Waals surface area contributed by atoms with Crippen molar-refractivity contribution in [2.75, 3.05) is 19.1 Å². The van der Waals surface area contributed by atoms with Crippen LogP contribution in [0.25, 0.3) is 0 Å². The number of benzene rings is 1. The molecule has 0 fully saturated rings. The summed E-state index contributed by atoms with van der Waals surface area (Å²) in [5.41, 5.74) is 8.16. The van der Waals surface area contributed by atoms with E-state index in [2.05, 4.69) is 26.1 Å². The monoisotopic (exact) mass is 572 g/mol. The maximum Gasteiger partial charge on any atom is 0.328 e. The molecule has 40 heavy (non-hydrogen) atoms. The average molecular weight is 573 g/mol. The van der Waals surface area contributed by atoms with E-state index >= 15 is 0 Å². The van der Waals surface area contributed by atoms with Crippen LogP contribution in [-0.2, 0) is 24.4 Å². The van der Waals surface area contributed by atoms with E-state index in [-0.39, 0.29) is 34.2 Å². The highest BCUT2D eigenvalue weighted by atomic mass is 32.2. The fourth-order valence-electron chi connectivity index (χ4n) is 3.31. The Hall–Kier alpha value is -4.56. The Kier molecular flexibility index (Phi) is 13.0. The second-order valence-corrected chi connectivity index (χ2v) is 9.62. The van der Waals surface area contributed by atoms with Gasteiger partial charge in [-0.1, -0.05) is 30.4 Å². The lowest BCUT2D eigenvalue weighted by molar-refractivity contribution is -0.143. The molecule has 214 valence electrons. The Morgan fingerprint density at radius 3 is 2.60 bits per heavy atom. The lowest BCUT2D eigenvalue weighted by Crippen LogP contribution is -2.41. The van der Waals surface area contributed by atoms with Crippen molar-refractivity contribution in [3.63, 3.8) is 0 Å². The molecule has 0 aliphatic carbocycles. The molecule has 0 saturated heterocycles. The predicted octanol–water partition coefficient (Wildman–Crippen LogP) is 1.75. The maximum atomic E-state index is 12.7. The second kappa shape index (κ2) is 16.4. The minimum Gasteiger partial charge on any atom is -0.467 e. The Bertz CT molecular complexity index is 1340. The van der Waals surface area contributed by atoms with Crippen molar-refractivity contribution in [3.05, 3.63) is 78.1 Å². The smallest absolute Gasteiger partial charge is 0.328 e. The molecule has 0 bridgehead atoms. The van der Waals surface area contributed by atoms with Crippen LogP contribution in [0.3, 0.4) is 0 Å². The van der Waals surface area contributed by atoms with Gasteiger partial charge in [-0.3, -0.25) is 19.6 Å². The number of nitrogens with two attached hydrogens (primary N) is 1. The van der Waals surface area contributed by atoms with E-state index in [1.165, 1.54) is 56.1 Å². The molecule has 14 heteroatoms. The Balaban J connectivity index is 1.87. The molecule has 1 unspecified atom stereocenters. The molecule has 2 rings (SSSR count). The SMILES string of the molecule is COC(=O)C(CCCCNC(=O)C/C=C\C=C/N)NC(=O)c1ccc(N/N=C/c2ccccc2S(=O)(=O)O)nc1. The summed E-state index contributed by atoms with van der Waals surface area (Å²) in [6, 6.07) is 7.81. The predicted molar refractivity (Wildman–Crippen MR) is 149 cm³/mol. The molecule has 0 spiro atoms. The molecule has 1 heterocycles. The minimum absolute atomic E-state index is 0.140. The van der Waals surface area contributed by atoms with Crippen LogP contribution >= 0.6 is 0 Å². The Morgan fingerprint density at radius 2 is 1.93 bits per heavy atom. The van der Waals surface area contributed by atoms with Gasteiger partial charge in [-0.25, -0.2) is 9.78 Å². The largest absolute Gasteiger partial charge is 0.467 e. The van der Waals surface area contributed by atoms with Crippen LogP contribution in [0.5, 0.6) is 0 Å². The van der Waals surface area contributed by atoms with Gasteiger partial charge >= 0.3 is 5.97 Å². The number of hydrazone groups is 1. The van der Waals surface area contributed by atoms with E-state index < -0.39 is 28.0 Å². The molecule has 6 N–H and O–H groups in total. The van der Waals surface area contributed by atoms with Crippen molar-refractivity contribution in [1.82, 2.24) is 15.6 Å². The van der Waals surface area contributed by atoms with Gasteiger partial charge in [-0.05, 0) is 49.7 Å². The van der Waals surface area contributed by atoms with E-state index in [4.69, 9.17) is 10.5 Å². The maximum absolute atomic E-state index is 12.7. The number of nitrogens with zero attached hydrogens (tertiary/aromatic N) is 2. The first-order valence-corrected chi connectivity index (χ1v) is 13.6. The Morgan fingerprint density at radius 1 is 1.15 bits per heavy atom. The van der Waals surface area contributed by atoms with Crippen LogP contribution in [0.4, 0.5) is 5.82 Å². The summed E-state index contributed by atoms with van der Waals surface area (Å²) in [5, 5.41) is 9.31. The fraction of sp³-hybridized carbons (Fsp3) is 0.269. The summed E-state index contributed by atoms with van der Waals surface area (Å²) in [4.78, 5) is 40.4. The first-order valence-electron chi connectivity index (χ1n) is 12.2. The molecule has 0 aliphatic heterocycles. The third kappa shape index (κ3) is 11.0. The van der Waals surface area contributed by atoms with Gasteiger partial charge in [0.2, 0.25) is 5.91 Å². The van der Waals surface area contributed by atoms with Crippen molar-refractivity contribution >= 4 is 39.9 Å². The molecule has 0 aliphatic rings. The van der Waals surface area contributed by atoms with Crippen LogP contribution in [0.15, 0.2) is 77.0 Å². The number of hydrogen-bond donors (Lipinski definition) is 5. The number of nitrogens with one attached hydrogen (secondary N) is 3. The first kappa shape index (κ1) is 31.7. The van der Waals surface area contributed by atoms with Crippen molar-refractivity contribution < 1.29 is 32.1 Å². The summed E-state index contributed by atoms with van der Waals surface area (Å²) in [6.07, 6.45) is 10.5.